The van der Waals surface area contributed by atoms with E-state index in [1.807, 2.05) is 0 Å². The lowest BCUT2D eigenvalue weighted by molar-refractivity contribution is -0.131. The van der Waals surface area contributed by atoms with Gasteiger partial charge in [0.15, 0.2) is 0 Å². The summed E-state index contributed by atoms with van der Waals surface area (Å²) in [5.41, 5.74) is -0.725. The Hall–Kier alpha value is -1.08. The van der Waals surface area contributed by atoms with Gasteiger partial charge in [-0.15, -0.1) is 0 Å². The van der Waals surface area contributed by atoms with E-state index in [1.165, 1.54) is 0 Å². The molecule has 0 aromatic rings. The van der Waals surface area contributed by atoms with Crippen LogP contribution in [0, 0.1) is 16.7 Å². The van der Waals surface area contributed by atoms with Gasteiger partial charge in [-0.3, -0.25) is 4.79 Å². The Morgan fingerprint density at radius 3 is 2.60 bits per heavy atom. The number of carbonyl (C=O) groups excluding carboxylic acids is 1. The molecule has 0 heterocycles. The van der Waals surface area contributed by atoms with Gasteiger partial charge in [-0.1, -0.05) is 0 Å². The van der Waals surface area contributed by atoms with E-state index in [0.29, 0.717) is 19.4 Å². The lowest BCUT2D eigenvalue weighted by Gasteiger charge is -2.33. The fourth-order valence-corrected chi connectivity index (χ4v) is 1.70. The number of rotatable bonds is 6. The van der Waals surface area contributed by atoms with Gasteiger partial charge in [-0.2, -0.15) is 5.26 Å². The molecule has 0 saturated heterocycles. The highest BCUT2D eigenvalue weighted by Crippen LogP contribution is 2.40. The van der Waals surface area contributed by atoms with Gasteiger partial charge in [0.05, 0.1) is 6.07 Å². The van der Waals surface area contributed by atoms with E-state index in [2.05, 4.69) is 11.4 Å². The molecule has 0 aliphatic heterocycles. The molecule has 1 aliphatic carbocycles. The second kappa shape index (κ2) is 5.72. The number of aliphatic hydroxyl groups is 1. The van der Waals surface area contributed by atoms with E-state index in [-0.39, 0.29) is 12.5 Å². The van der Waals surface area contributed by atoms with Crippen LogP contribution < -0.4 is 5.32 Å². The molecule has 2 N–H and O–H groups in total. The van der Waals surface area contributed by atoms with Crippen LogP contribution in [0.2, 0.25) is 0 Å². The Morgan fingerprint density at radius 1 is 1.40 bits per heavy atom. The van der Waals surface area contributed by atoms with E-state index in [1.54, 1.807) is 0 Å². The van der Waals surface area contributed by atoms with Crippen LogP contribution in [0.1, 0.15) is 38.5 Å². The summed E-state index contributed by atoms with van der Waals surface area (Å²) in [6, 6.07) is 2.11. The van der Waals surface area contributed by atoms with Crippen LogP contribution in [0.4, 0.5) is 0 Å². The summed E-state index contributed by atoms with van der Waals surface area (Å²) in [5, 5.41) is 20.3. The zero-order chi connectivity index (χ0) is 11.1. The first-order chi connectivity index (χ1) is 7.25. The standard InChI is InChI=1S/C11H18N2O2/c12-9-11(5-4-6-11)10(15)13-7-2-1-3-8-14/h14H,1-8H2,(H,13,15). The van der Waals surface area contributed by atoms with Crippen molar-refractivity contribution in [3.8, 4) is 6.07 Å². The second-order valence-electron chi connectivity index (χ2n) is 4.09. The third kappa shape index (κ3) is 2.93. The minimum atomic E-state index is -0.725. The summed E-state index contributed by atoms with van der Waals surface area (Å²) in [7, 11) is 0. The molecule has 1 amide bonds. The van der Waals surface area contributed by atoms with Crippen LogP contribution >= 0.6 is 0 Å². The molecule has 0 unspecified atom stereocenters. The summed E-state index contributed by atoms with van der Waals surface area (Å²) in [6.45, 7) is 0.818. The predicted molar refractivity (Wildman–Crippen MR) is 55.8 cm³/mol. The third-order valence-corrected chi connectivity index (χ3v) is 2.98. The summed E-state index contributed by atoms with van der Waals surface area (Å²) in [5.74, 6) is -0.111. The molecule has 1 fully saturated rings. The van der Waals surface area contributed by atoms with Gasteiger partial charge in [0.2, 0.25) is 5.91 Å². The summed E-state index contributed by atoms with van der Waals surface area (Å²) < 4.78 is 0. The van der Waals surface area contributed by atoms with Crippen molar-refractivity contribution in [2.24, 2.45) is 5.41 Å². The monoisotopic (exact) mass is 210 g/mol. The maximum atomic E-state index is 11.6. The number of nitrogens with one attached hydrogen (secondary N) is 1. The highest BCUT2D eigenvalue weighted by Gasteiger charge is 2.44. The molecular formula is C11H18N2O2. The van der Waals surface area contributed by atoms with Crippen molar-refractivity contribution in [2.45, 2.75) is 38.5 Å². The van der Waals surface area contributed by atoms with E-state index < -0.39 is 5.41 Å². The maximum absolute atomic E-state index is 11.6. The Morgan fingerprint density at radius 2 is 2.13 bits per heavy atom. The molecule has 1 rings (SSSR count). The van der Waals surface area contributed by atoms with Gasteiger partial charge < -0.3 is 10.4 Å². The molecule has 0 aromatic carbocycles. The summed E-state index contributed by atoms with van der Waals surface area (Å²) in [4.78, 5) is 11.6. The number of nitriles is 1. The van der Waals surface area contributed by atoms with Crippen molar-refractivity contribution < 1.29 is 9.90 Å². The number of hydrogen-bond donors (Lipinski definition) is 2. The highest BCUT2D eigenvalue weighted by molar-refractivity contribution is 5.86. The molecule has 1 saturated carbocycles. The molecule has 0 spiro atoms. The normalized spacial score (nSPS) is 17.6. The molecule has 4 heteroatoms. The van der Waals surface area contributed by atoms with Crippen LogP contribution in [0.15, 0.2) is 0 Å². The molecule has 15 heavy (non-hydrogen) atoms. The van der Waals surface area contributed by atoms with Gasteiger partial charge in [0.1, 0.15) is 5.41 Å². The molecule has 1 aliphatic rings. The highest BCUT2D eigenvalue weighted by atomic mass is 16.2. The van der Waals surface area contributed by atoms with Crippen molar-refractivity contribution >= 4 is 5.91 Å². The molecule has 84 valence electrons. The number of hydrogen-bond acceptors (Lipinski definition) is 3. The maximum Gasteiger partial charge on any atom is 0.240 e. The van der Waals surface area contributed by atoms with E-state index in [9.17, 15) is 4.79 Å². The number of carbonyl (C=O) groups is 1. The molecule has 0 atom stereocenters. The zero-order valence-electron chi connectivity index (χ0n) is 8.96. The predicted octanol–water partition coefficient (Wildman–Crippen LogP) is 0.959. The fourth-order valence-electron chi connectivity index (χ4n) is 1.70. The number of aliphatic hydroxyl groups excluding tert-OH is 1. The van der Waals surface area contributed by atoms with E-state index in [0.717, 1.165) is 25.7 Å². The van der Waals surface area contributed by atoms with Crippen LogP contribution in [0.25, 0.3) is 0 Å². The van der Waals surface area contributed by atoms with Gasteiger partial charge >= 0.3 is 0 Å². The first-order valence-electron chi connectivity index (χ1n) is 5.55. The first kappa shape index (κ1) is 12.0. The van der Waals surface area contributed by atoms with E-state index in [4.69, 9.17) is 10.4 Å². The first-order valence-corrected chi connectivity index (χ1v) is 5.55. The minimum absolute atomic E-state index is 0.111. The number of unbranched alkanes of at least 4 members (excludes halogenated alkanes) is 2. The third-order valence-electron chi connectivity index (χ3n) is 2.98. The SMILES string of the molecule is N#CC1(C(=O)NCCCCCO)CCC1. The van der Waals surface area contributed by atoms with Gasteiger partial charge in [0, 0.05) is 13.2 Å². The van der Waals surface area contributed by atoms with Crippen LogP contribution in [0.3, 0.4) is 0 Å². The Kier molecular flexibility index (Phi) is 4.57. The second-order valence-corrected chi connectivity index (χ2v) is 4.09. The molecule has 0 bridgehead atoms. The van der Waals surface area contributed by atoms with Crippen molar-refractivity contribution in [2.75, 3.05) is 13.2 Å². The molecule has 0 radical (unpaired) electrons. The lowest BCUT2D eigenvalue weighted by Crippen LogP contribution is -2.44. The molecule has 4 nitrogen and oxygen atoms in total. The van der Waals surface area contributed by atoms with Crippen molar-refractivity contribution in [3.05, 3.63) is 0 Å². The topological polar surface area (TPSA) is 73.1 Å². The van der Waals surface area contributed by atoms with Gasteiger partial charge in [0.25, 0.3) is 0 Å². The van der Waals surface area contributed by atoms with Crippen LogP contribution in [0.5, 0.6) is 0 Å². The summed E-state index contributed by atoms with van der Waals surface area (Å²) in [6.07, 6.45) is 4.94. The number of amides is 1. The minimum Gasteiger partial charge on any atom is -0.396 e. The van der Waals surface area contributed by atoms with Crippen molar-refractivity contribution in [3.63, 3.8) is 0 Å². The van der Waals surface area contributed by atoms with Crippen molar-refractivity contribution in [1.82, 2.24) is 5.32 Å². The Labute approximate surface area is 90.3 Å². The Bertz CT molecular complexity index is 254. The zero-order valence-corrected chi connectivity index (χ0v) is 8.96. The van der Waals surface area contributed by atoms with Crippen molar-refractivity contribution in [1.29, 1.82) is 5.26 Å². The average Bonchev–Trinajstić information content (AvgIpc) is 2.17. The summed E-state index contributed by atoms with van der Waals surface area (Å²) >= 11 is 0. The molecule has 0 aromatic heterocycles. The number of nitrogens with zero attached hydrogens (tertiary/aromatic N) is 1. The van der Waals surface area contributed by atoms with Gasteiger partial charge in [-0.05, 0) is 38.5 Å². The molecular weight excluding hydrogens is 192 g/mol. The quantitative estimate of drug-likeness (QED) is 0.641. The largest absolute Gasteiger partial charge is 0.396 e. The average molecular weight is 210 g/mol. The van der Waals surface area contributed by atoms with Crippen LogP contribution in [-0.2, 0) is 4.79 Å². The Balaban J connectivity index is 2.16. The smallest absolute Gasteiger partial charge is 0.240 e. The van der Waals surface area contributed by atoms with Gasteiger partial charge in [-0.25, -0.2) is 0 Å². The van der Waals surface area contributed by atoms with Crippen LogP contribution in [-0.4, -0.2) is 24.2 Å². The lowest BCUT2D eigenvalue weighted by atomic mass is 9.69. The fraction of sp³-hybridized carbons (Fsp3) is 0.818. The van der Waals surface area contributed by atoms with E-state index >= 15 is 0 Å².